The van der Waals surface area contributed by atoms with E-state index in [1.807, 2.05) is 0 Å². The summed E-state index contributed by atoms with van der Waals surface area (Å²) in [6.07, 6.45) is 8.41. The van der Waals surface area contributed by atoms with E-state index in [1.54, 1.807) is 11.3 Å². The van der Waals surface area contributed by atoms with E-state index in [4.69, 9.17) is 4.74 Å². The second-order valence-electron chi connectivity index (χ2n) is 7.67. The summed E-state index contributed by atoms with van der Waals surface area (Å²) in [6, 6.07) is 2.18. The predicted molar refractivity (Wildman–Crippen MR) is 91.3 cm³/mol. The van der Waals surface area contributed by atoms with Gasteiger partial charge in [-0.1, -0.05) is 11.6 Å². The van der Waals surface area contributed by atoms with E-state index in [9.17, 15) is 9.59 Å². The van der Waals surface area contributed by atoms with Crippen molar-refractivity contribution < 1.29 is 14.3 Å². The predicted octanol–water partition coefficient (Wildman–Crippen LogP) is 4.05. The molecule has 4 saturated carbocycles. The van der Waals surface area contributed by atoms with E-state index >= 15 is 0 Å². The Kier molecular flexibility index (Phi) is 3.30. The molecule has 0 spiro atoms. The van der Waals surface area contributed by atoms with Gasteiger partial charge >= 0.3 is 11.9 Å². The van der Waals surface area contributed by atoms with Gasteiger partial charge in [-0.2, -0.15) is 11.3 Å². The average Bonchev–Trinajstić information content (AvgIpc) is 3.16. The normalized spacial score (nSPS) is 39.1. The number of hydrogen-bond acceptors (Lipinski definition) is 4. The maximum absolute atomic E-state index is 12.1. The molecular formula is C20H20O3S. The molecule has 4 bridgehead atoms. The molecule has 1 saturated heterocycles. The van der Waals surface area contributed by atoms with E-state index < -0.39 is 0 Å². The highest BCUT2D eigenvalue weighted by Gasteiger charge is 2.50. The molecule has 0 N–H and O–H groups in total. The van der Waals surface area contributed by atoms with Gasteiger partial charge in [-0.3, -0.25) is 4.79 Å². The third-order valence-electron chi connectivity index (χ3n) is 6.34. The first-order valence-electron chi connectivity index (χ1n) is 8.88. The Morgan fingerprint density at radius 2 is 2.04 bits per heavy atom. The minimum Gasteiger partial charge on any atom is -0.389 e. The number of carbonyl (C=O) groups excluding carboxylic acids is 2. The maximum atomic E-state index is 12.1. The lowest BCUT2D eigenvalue weighted by atomic mass is 9.51. The van der Waals surface area contributed by atoms with Gasteiger partial charge in [-0.05, 0) is 77.8 Å². The number of hydrogen-bond donors (Lipinski definition) is 0. The number of thiophene rings is 1. The number of allylic oxidation sites excluding steroid dienone is 3. The summed E-state index contributed by atoms with van der Waals surface area (Å²) in [7, 11) is 0. The van der Waals surface area contributed by atoms with Gasteiger partial charge in [0.1, 0.15) is 0 Å². The monoisotopic (exact) mass is 340 g/mol. The van der Waals surface area contributed by atoms with Gasteiger partial charge in [0.15, 0.2) is 0 Å². The number of carbonyl (C=O) groups is 2. The van der Waals surface area contributed by atoms with Gasteiger partial charge in [-0.25, -0.2) is 4.79 Å². The summed E-state index contributed by atoms with van der Waals surface area (Å²) in [5.41, 5.74) is 4.85. The summed E-state index contributed by atoms with van der Waals surface area (Å²) >= 11 is 1.74. The molecule has 4 atom stereocenters. The standard InChI is InChI=1S/C20H20O3S/c21-18-9-17(20(22)23-18)19-14-6-12-5-13(8-14)15(16(19)7-12)2-1-11-3-4-24-10-11/h2-4,10,12-14,16H,1,5-9H2. The van der Waals surface area contributed by atoms with Gasteiger partial charge in [0.05, 0.1) is 6.42 Å². The van der Waals surface area contributed by atoms with Crippen LogP contribution in [0.2, 0.25) is 0 Å². The Morgan fingerprint density at radius 3 is 2.79 bits per heavy atom. The second-order valence-corrected chi connectivity index (χ2v) is 8.45. The van der Waals surface area contributed by atoms with Crippen LogP contribution in [0.25, 0.3) is 0 Å². The SMILES string of the molecule is O=C1CC(=C2C3CC4CC(C3)C(=CCc3ccsc3)C2C4)C(=O)O1. The van der Waals surface area contributed by atoms with Crippen LogP contribution in [-0.4, -0.2) is 11.9 Å². The van der Waals surface area contributed by atoms with Gasteiger partial charge in [0.25, 0.3) is 0 Å². The van der Waals surface area contributed by atoms with Crippen molar-refractivity contribution in [1.29, 1.82) is 0 Å². The van der Waals surface area contributed by atoms with Crippen molar-refractivity contribution in [3.05, 3.63) is 45.2 Å². The molecule has 5 fully saturated rings. The van der Waals surface area contributed by atoms with E-state index in [2.05, 4.69) is 22.9 Å². The molecule has 4 unspecified atom stereocenters. The molecule has 1 aromatic rings. The first-order valence-corrected chi connectivity index (χ1v) is 9.82. The van der Waals surface area contributed by atoms with E-state index in [1.165, 1.54) is 29.6 Å². The number of esters is 2. The van der Waals surface area contributed by atoms with Gasteiger partial charge < -0.3 is 4.74 Å². The van der Waals surface area contributed by atoms with Crippen molar-refractivity contribution in [2.24, 2.45) is 23.7 Å². The average molecular weight is 340 g/mol. The van der Waals surface area contributed by atoms with Crippen LogP contribution in [0.4, 0.5) is 0 Å². The second kappa shape index (κ2) is 5.41. The zero-order valence-electron chi connectivity index (χ0n) is 13.5. The van der Waals surface area contributed by atoms with E-state index in [-0.39, 0.29) is 18.4 Å². The Morgan fingerprint density at radius 1 is 1.17 bits per heavy atom. The number of rotatable bonds is 2. The lowest BCUT2D eigenvalue weighted by molar-refractivity contribution is -0.151. The summed E-state index contributed by atoms with van der Waals surface area (Å²) in [5.74, 6) is 1.62. The van der Waals surface area contributed by atoms with E-state index in [0.29, 0.717) is 23.3 Å². The molecule has 1 aromatic heterocycles. The molecule has 4 heteroatoms. The third-order valence-corrected chi connectivity index (χ3v) is 7.07. The summed E-state index contributed by atoms with van der Waals surface area (Å²) in [6.45, 7) is 0. The van der Waals surface area contributed by atoms with Crippen molar-refractivity contribution in [3.63, 3.8) is 0 Å². The molecule has 1 aliphatic heterocycles. The van der Waals surface area contributed by atoms with Crippen LogP contribution in [0.3, 0.4) is 0 Å². The first-order chi connectivity index (χ1) is 11.7. The smallest absolute Gasteiger partial charge is 0.342 e. The lowest BCUT2D eigenvalue weighted by Crippen LogP contribution is -2.43. The highest BCUT2D eigenvalue weighted by atomic mass is 32.1. The molecule has 0 radical (unpaired) electrons. The van der Waals surface area contributed by atoms with Crippen LogP contribution in [-0.2, 0) is 20.7 Å². The molecule has 124 valence electrons. The van der Waals surface area contributed by atoms with E-state index in [0.717, 1.165) is 25.2 Å². The van der Waals surface area contributed by atoms with Gasteiger partial charge in [0.2, 0.25) is 0 Å². The molecule has 3 nitrogen and oxygen atoms in total. The highest BCUT2D eigenvalue weighted by Crippen LogP contribution is 2.60. The Balaban J connectivity index is 1.53. The van der Waals surface area contributed by atoms with Crippen LogP contribution < -0.4 is 0 Å². The topological polar surface area (TPSA) is 43.4 Å². The van der Waals surface area contributed by atoms with Gasteiger partial charge in [-0.15, -0.1) is 0 Å². The fourth-order valence-electron chi connectivity index (χ4n) is 5.55. The van der Waals surface area contributed by atoms with Crippen LogP contribution in [0, 0.1) is 23.7 Å². The summed E-state index contributed by atoms with van der Waals surface area (Å²) in [4.78, 5) is 23.7. The molecule has 6 rings (SSSR count). The molecule has 0 amide bonds. The van der Waals surface area contributed by atoms with Crippen molar-refractivity contribution in [3.8, 4) is 0 Å². The molecule has 2 heterocycles. The van der Waals surface area contributed by atoms with Crippen LogP contribution in [0.15, 0.2) is 39.6 Å². The van der Waals surface area contributed by atoms with Crippen molar-refractivity contribution in [2.45, 2.75) is 38.5 Å². The molecule has 0 aromatic carbocycles. The first kappa shape index (κ1) is 14.6. The molecular weight excluding hydrogens is 320 g/mol. The van der Waals surface area contributed by atoms with Crippen molar-refractivity contribution >= 4 is 23.3 Å². The minimum absolute atomic E-state index is 0.189. The van der Waals surface area contributed by atoms with Crippen LogP contribution in [0.1, 0.15) is 37.7 Å². The van der Waals surface area contributed by atoms with Crippen LogP contribution >= 0.6 is 11.3 Å². The zero-order chi connectivity index (χ0) is 16.3. The minimum atomic E-state index is -0.375. The van der Waals surface area contributed by atoms with Crippen molar-refractivity contribution in [1.82, 2.24) is 0 Å². The zero-order valence-corrected chi connectivity index (χ0v) is 14.3. The Labute approximate surface area is 145 Å². The van der Waals surface area contributed by atoms with Crippen molar-refractivity contribution in [2.75, 3.05) is 0 Å². The van der Waals surface area contributed by atoms with Crippen LogP contribution in [0.5, 0.6) is 0 Å². The maximum Gasteiger partial charge on any atom is 0.342 e. The fourth-order valence-corrected chi connectivity index (χ4v) is 6.23. The molecule has 5 aliphatic rings. The number of ether oxygens (including phenoxy) is 1. The quantitative estimate of drug-likeness (QED) is 0.353. The number of cyclic esters (lactones) is 2. The third kappa shape index (κ3) is 2.23. The lowest BCUT2D eigenvalue weighted by Gasteiger charge is -2.53. The summed E-state index contributed by atoms with van der Waals surface area (Å²) < 4.78 is 4.83. The Hall–Kier alpha value is -1.68. The fraction of sp³-hybridized carbons (Fsp3) is 0.500. The highest BCUT2D eigenvalue weighted by molar-refractivity contribution is 7.07. The molecule has 24 heavy (non-hydrogen) atoms. The Bertz CT molecular complexity index is 771. The molecule has 4 aliphatic carbocycles. The van der Waals surface area contributed by atoms with Gasteiger partial charge in [0, 0.05) is 11.5 Å². The largest absolute Gasteiger partial charge is 0.389 e. The summed E-state index contributed by atoms with van der Waals surface area (Å²) in [5, 5.41) is 4.33.